The second kappa shape index (κ2) is 10.9. The van der Waals surface area contributed by atoms with Crippen LogP contribution >= 0.6 is 11.3 Å². The van der Waals surface area contributed by atoms with E-state index in [4.69, 9.17) is 4.74 Å². The number of amides is 1. The maximum absolute atomic E-state index is 13.2. The number of thiophene rings is 1. The summed E-state index contributed by atoms with van der Waals surface area (Å²) in [6.07, 6.45) is 5.01. The fourth-order valence-electron chi connectivity index (χ4n) is 3.89. The van der Waals surface area contributed by atoms with Crippen molar-refractivity contribution in [1.29, 1.82) is 0 Å². The summed E-state index contributed by atoms with van der Waals surface area (Å²) in [5, 5.41) is 6.46. The first-order chi connectivity index (χ1) is 16.6. The van der Waals surface area contributed by atoms with Crippen molar-refractivity contribution in [1.82, 2.24) is 0 Å². The molecule has 7 heteroatoms. The Morgan fingerprint density at radius 1 is 0.941 bits per heavy atom. The van der Waals surface area contributed by atoms with Crippen LogP contribution in [0, 0.1) is 0 Å². The highest BCUT2D eigenvalue weighted by molar-refractivity contribution is 7.16. The zero-order valence-electron chi connectivity index (χ0n) is 18.9. The lowest BCUT2D eigenvalue weighted by molar-refractivity contribution is -0.112. The molecule has 1 heterocycles. The molecule has 3 aromatic rings. The molecule has 2 N–H and O–H groups in total. The predicted octanol–water partition coefficient (Wildman–Crippen LogP) is 5.62. The normalized spacial score (nSPS) is 13.0. The maximum atomic E-state index is 13.2. The van der Waals surface area contributed by atoms with E-state index in [1.165, 1.54) is 17.4 Å². The number of ether oxygens (including phenoxy) is 1. The SMILES string of the molecule is CCOC(=O)c1c(N/C(=C\C(=O)c2ccccc2)C(=O)Nc2ccccc2)sc2c1CCCC2. The van der Waals surface area contributed by atoms with E-state index in [1.807, 2.05) is 24.3 Å². The number of carbonyl (C=O) groups excluding carboxylic acids is 3. The number of rotatable bonds is 8. The standard InChI is InChI=1S/C27H26N2O4S/c1-2-33-27(32)24-20-15-9-10-16-23(20)34-26(24)29-21(17-22(30)18-11-5-3-6-12-18)25(31)28-19-13-7-4-8-14-19/h3-8,11-14,17,29H,2,9-10,15-16H2,1H3,(H,28,31)/b21-17-. The second-order valence-electron chi connectivity index (χ2n) is 7.87. The van der Waals surface area contributed by atoms with Gasteiger partial charge < -0.3 is 15.4 Å². The lowest BCUT2D eigenvalue weighted by Crippen LogP contribution is -2.22. The van der Waals surface area contributed by atoms with Crippen LogP contribution in [-0.4, -0.2) is 24.3 Å². The van der Waals surface area contributed by atoms with Crippen LogP contribution in [0.2, 0.25) is 0 Å². The molecule has 1 aliphatic rings. The molecule has 1 aliphatic carbocycles. The smallest absolute Gasteiger partial charge is 0.341 e. The molecule has 1 amide bonds. The number of para-hydroxylation sites is 1. The third kappa shape index (κ3) is 5.43. The van der Waals surface area contributed by atoms with Gasteiger partial charge in [-0.05, 0) is 50.3 Å². The van der Waals surface area contributed by atoms with Gasteiger partial charge in [-0.25, -0.2) is 4.79 Å². The molecule has 34 heavy (non-hydrogen) atoms. The van der Waals surface area contributed by atoms with Crippen LogP contribution in [0.25, 0.3) is 0 Å². The second-order valence-corrected chi connectivity index (χ2v) is 8.97. The van der Waals surface area contributed by atoms with E-state index in [0.29, 0.717) is 21.8 Å². The van der Waals surface area contributed by atoms with Gasteiger partial charge in [-0.3, -0.25) is 9.59 Å². The number of fused-ring (bicyclic) bond motifs is 1. The van der Waals surface area contributed by atoms with Gasteiger partial charge in [0.15, 0.2) is 5.78 Å². The first-order valence-electron chi connectivity index (χ1n) is 11.3. The molecule has 6 nitrogen and oxygen atoms in total. The van der Waals surface area contributed by atoms with Crippen molar-refractivity contribution in [2.24, 2.45) is 0 Å². The summed E-state index contributed by atoms with van der Waals surface area (Å²) in [6.45, 7) is 2.02. The van der Waals surface area contributed by atoms with Crippen LogP contribution in [0.15, 0.2) is 72.4 Å². The summed E-state index contributed by atoms with van der Waals surface area (Å²) in [6, 6.07) is 17.8. The average molecular weight is 475 g/mol. The molecule has 0 bridgehead atoms. The summed E-state index contributed by atoms with van der Waals surface area (Å²) >= 11 is 1.45. The van der Waals surface area contributed by atoms with Gasteiger partial charge in [-0.1, -0.05) is 48.5 Å². The predicted molar refractivity (Wildman–Crippen MR) is 134 cm³/mol. The Labute approximate surface area is 202 Å². The van der Waals surface area contributed by atoms with Gasteiger partial charge >= 0.3 is 5.97 Å². The largest absolute Gasteiger partial charge is 0.462 e. The zero-order chi connectivity index (χ0) is 23.9. The van der Waals surface area contributed by atoms with E-state index in [-0.39, 0.29) is 18.1 Å². The van der Waals surface area contributed by atoms with Crippen LogP contribution in [0.5, 0.6) is 0 Å². The van der Waals surface area contributed by atoms with Crippen LogP contribution in [0.4, 0.5) is 10.7 Å². The number of benzene rings is 2. The molecule has 1 aromatic heterocycles. The maximum Gasteiger partial charge on any atom is 0.341 e. The Morgan fingerprint density at radius 2 is 1.62 bits per heavy atom. The molecule has 0 unspecified atom stereocenters. The van der Waals surface area contributed by atoms with E-state index in [9.17, 15) is 14.4 Å². The fourth-order valence-corrected chi connectivity index (χ4v) is 5.18. The Kier molecular flexibility index (Phi) is 7.54. The minimum Gasteiger partial charge on any atom is -0.462 e. The number of esters is 1. The van der Waals surface area contributed by atoms with Crippen LogP contribution < -0.4 is 10.6 Å². The lowest BCUT2D eigenvalue weighted by atomic mass is 9.95. The Bertz CT molecular complexity index is 1220. The molecular weight excluding hydrogens is 448 g/mol. The Balaban J connectivity index is 1.71. The molecule has 0 fully saturated rings. The van der Waals surface area contributed by atoms with E-state index < -0.39 is 11.9 Å². The molecule has 2 aromatic carbocycles. The Hall–Kier alpha value is -3.71. The lowest BCUT2D eigenvalue weighted by Gasteiger charge is -2.14. The monoisotopic (exact) mass is 474 g/mol. The topological polar surface area (TPSA) is 84.5 Å². The number of hydrogen-bond donors (Lipinski definition) is 2. The molecule has 0 saturated carbocycles. The summed E-state index contributed by atoms with van der Waals surface area (Å²) in [7, 11) is 0. The highest BCUT2D eigenvalue weighted by atomic mass is 32.1. The molecular formula is C27H26N2O4S. The highest BCUT2D eigenvalue weighted by Gasteiger charge is 2.28. The molecule has 0 spiro atoms. The van der Waals surface area contributed by atoms with Gasteiger partial charge in [0, 0.05) is 22.2 Å². The third-order valence-electron chi connectivity index (χ3n) is 5.51. The first kappa shape index (κ1) is 23.4. The van der Waals surface area contributed by atoms with Crippen LogP contribution in [0.3, 0.4) is 0 Å². The van der Waals surface area contributed by atoms with Crippen molar-refractivity contribution >= 4 is 39.7 Å². The van der Waals surface area contributed by atoms with E-state index in [2.05, 4.69) is 10.6 Å². The fraction of sp³-hybridized carbons (Fsp3) is 0.222. The van der Waals surface area contributed by atoms with E-state index >= 15 is 0 Å². The van der Waals surface area contributed by atoms with Gasteiger partial charge in [0.25, 0.3) is 5.91 Å². The summed E-state index contributed by atoms with van der Waals surface area (Å²) in [5.41, 5.74) is 2.57. The van der Waals surface area contributed by atoms with Crippen molar-refractivity contribution in [3.05, 3.63) is 94.0 Å². The third-order valence-corrected chi connectivity index (χ3v) is 6.72. The molecule has 4 rings (SSSR count). The van der Waals surface area contributed by atoms with Crippen molar-refractivity contribution in [3.63, 3.8) is 0 Å². The minimum absolute atomic E-state index is 0.0573. The van der Waals surface area contributed by atoms with Gasteiger partial charge in [-0.2, -0.15) is 0 Å². The summed E-state index contributed by atoms with van der Waals surface area (Å²) in [5.74, 6) is -1.21. The van der Waals surface area contributed by atoms with Gasteiger partial charge in [-0.15, -0.1) is 11.3 Å². The number of ketones is 1. The summed E-state index contributed by atoms with van der Waals surface area (Å²) < 4.78 is 5.32. The number of aryl methyl sites for hydroxylation is 1. The number of allylic oxidation sites excluding steroid dienone is 1. The zero-order valence-corrected chi connectivity index (χ0v) is 19.7. The van der Waals surface area contributed by atoms with Crippen LogP contribution in [-0.2, 0) is 22.4 Å². The summed E-state index contributed by atoms with van der Waals surface area (Å²) in [4.78, 5) is 40.1. The highest BCUT2D eigenvalue weighted by Crippen LogP contribution is 2.39. The molecule has 0 atom stereocenters. The van der Waals surface area contributed by atoms with Gasteiger partial charge in [0.1, 0.15) is 10.7 Å². The number of carbonyl (C=O) groups is 3. The van der Waals surface area contributed by atoms with Crippen molar-refractivity contribution in [2.45, 2.75) is 32.6 Å². The molecule has 0 saturated heterocycles. The number of nitrogens with one attached hydrogen (secondary N) is 2. The van der Waals surface area contributed by atoms with E-state index in [0.717, 1.165) is 36.1 Å². The van der Waals surface area contributed by atoms with Crippen molar-refractivity contribution in [2.75, 3.05) is 17.2 Å². The average Bonchev–Trinajstić information content (AvgIpc) is 3.23. The number of hydrogen-bond acceptors (Lipinski definition) is 6. The quantitative estimate of drug-likeness (QED) is 0.251. The first-order valence-corrected chi connectivity index (χ1v) is 12.1. The van der Waals surface area contributed by atoms with Crippen LogP contribution in [0.1, 0.15) is 50.9 Å². The molecule has 0 radical (unpaired) electrons. The van der Waals surface area contributed by atoms with E-state index in [1.54, 1.807) is 43.3 Å². The number of anilines is 2. The van der Waals surface area contributed by atoms with Crippen molar-refractivity contribution in [3.8, 4) is 0 Å². The van der Waals surface area contributed by atoms with Crippen molar-refractivity contribution < 1.29 is 19.1 Å². The Morgan fingerprint density at radius 3 is 2.32 bits per heavy atom. The minimum atomic E-state index is -0.475. The van der Waals surface area contributed by atoms with Gasteiger partial charge in [0.2, 0.25) is 0 Å². The molecule has 174 valence electrons. The molecule has 0 aliphatic heterocycles. The van der Waals surface area contributed by atoms with Gasteiger partial charge in [0.05, 0.1) is 12.2 Å².